The van der Waals surface area contributed by atoms with Gasteiger partial charge in [-0.15, -0.1) is 13.2 Å². The summed E-state index contributed by atoms with van der Waals surface area (Å²) in [6, 6.07) is 4.39. The summed E-state index contributed by atoms with van der Waals surface area (Å²) in [6.45, 7) is 4.29. The fourth-order valence-corrected chi connectivity index (χ4v) is 2.27. The van der Waals surface area contributed by atoms with Crippen molar-refractivity contribution in [2.45, 2.75) is 32.8 Å². The molecule has 1 aromatic heterocycles. The molecule has 1 saturated heterocycles. The first-order chi connectivity index (χ1) is 14.4. The van der Waals surface area contributed by atoms with Crippen molar-refractivity contribution in [1.29, 1.82) is 0 Å². The van der Waals surface area contributed by atoms with Gasteiger partial charge >= 0.3 is 12.5 Å². The molecule has 1 aromatic carbocycles. The van der Waals surface area contributed by atoms with Gasteiger partial charge in [0.1, 0.15) is 17.9 Å². The minimum absolute atomic E-state index is 0.0156. The lowest BCUT2D eigenvalue weighted by Gasteiger charge is -2.31. The van der Waals surface area contributed by atoms with Gasteiger partial charge < -0.3 is 20.1 Å². The van der Waals surface area contributed by atoms with Crippen LogP contribution >= 0.6 is 0 Å². The number of fused-ring (bicyclic) bond motifs is 1. The van der Waals surface area contributed by atoms with Crippen LogP contribution in [0.2, 0.25) is 0 Å². The van der Waals surface area contributed by atoms with Crippen LogP contribution in [-0.2, 0) is 4.79 Å². The molecule has 0 unspecified atom stereocenters. The van der Waals surface area contributed by atoms with Crippen molar-refractivity contribution >= 4 is 22.6 Å². The summed E-state index contributed by atoms with van der Waals surface area (Å²) in [5.74, 6) is 0.510. The minimum atomic E-state index is -5.00. The van der Waals surface area contributed by atoms with E-state index in [0.717, 1.165) is 19.5 Å². The van der Waals surface area contributed by atoms with E-state index in [0.29, 0.717) is 16.7 Å². The van der Waals surface area contributed by atoms with E-state index in [1.54, 1.807) is 11.0 Å². The molecular formula is C18H22F6N4O3. The monoisotopic (exact) mass is 456 g/mol. The summed E-state index contributed by atoms with van der Waals surface area (Å²) < 4.78 is 71.0. The topological polar surface area (TPSA) is 87.6 Å². The lowest BCUT2D eigenvalue weighted by Crippen LogP contribution is -2.44. The van der Waals surface area contributed by atoms with E-state index in [2.05, 4.69) is 15.3 Å². The highest BCUT2D eigenvalue weighted by Crippen LogP contribution is 2.25. The first-order valence-electron chi connectivity index (χ1n) is 9.17. The fraction of sp³-hybridized carbons (Fsp3) is 0.500. The van der Waals surface area contributed by atoms with E-state index in [-0.39, 0.29) is 18.2 Å². The zero-order chi connectivity index (χ0) is 23.7. The van der Waals surface area contributed by atoms with Crippen molar-refractivity contribution < 1.29 is 41.0 Å². The molecule has 0 bridgehead atoms. The lowest BCUT2D eigenvalue weighted by atomic mass is 10.2. The van der Waals surface area contributed by atoms with E-state index >= 15 is 0 Å². The number of hydrogen-bond donors (Lipinski definition) is 2. The second kappa shape index (κ2) is 11.5. The summed E-state index contributed by atoms with van der Waals surface area (Å²) in [5, 5.41) is 10.1. The number of carbonyl (C=O) groups excluding carboxylic acids is 1. The van der Waals surface area contributed by atoms with Gasteiger partial charge in [-0.2, -0.15) is 13.2 Å². The van der Waals surface area contributed by atoms with Crippen LogP contribution in [0.3, 0.4) is 0 Å². The number of aromatic nitrogens is 2. The largest absolute Gasteiger partial charge is 0.519 e. The molecule has 0 aliphatic carbocycles. The number of likely N-dealkylation sites (tertiary alicyclic amines) is 1. The highest BCUT2D eigenvalue weighted by molar-refractivity contribution is 5.91. The molecule has 0 saturated carbocycles. The maximum absolute atomic E-state index is 12.2. The van der Waals surface area contributed by atoms with E-state index in [9.17, 15) is 31.1 Å². The van der Waals surface area contributed by atoms with Crippen LogP contribution in [0.4, 0.5) is 32.2 Å². The molecule has 0 spiro atoms. The van der Waals surface area contributed by atoms with E-state index in [1.165, 1.54) is 18.5 Å². The van der Waals surface area contributed by atoms with Crippen molar-refractivity contribution in [2.24, 2.45) is 0 Å². The molecule has 2 N–H and O–H groups in total. The van der Waals surface area contributed by atoms with Gasteiger partial charge in [-0.1, -0.05) is 13.8 Å². The van der Waals surface area contributed by atoms with Crippen LogP contribution in [0, 0.1) is 0 Å². The molecular weight excluding hydrogens is 434 g/mol. The molecule has 174 valence electrons. The fourth-order valence-electron chi connectivity index (χ4n) is 2.27. The van der Waals surface area contributed by atoms with Crippen LogP contribution in [0.15, 0.2) is 24.5 Å². The Morgan fingerprint density at radius 2 is 1.77 bits per heavy atom. The predicted molar refractivity (Wildman–Crippen MR) is 100 cm³/mol. The van der Waals surface area contributed by atoms with E-state index in [1.807, 2.05) is 13.8 Å². The molecule has 2 heterocycles. The number of anilines is 1. The number of nitrogens with zero attached hydrogens (tertiary/aromatic N) is 3. The molecule has 7 nitrogen and oxygen atoms in total. The lowest BCUT2D eigenvalue weighted by molar-refractivity contribution is -0.295. The molecule has 31 heavy (non-hydrogen) atoms. The zero-order valence-electron chi connectivity index (χ0n) is 16.7. The standard InChI is InChI=1S/C15H15F3N4O2.C2H6.CHF3O/c16-15(17,18)8-24-10-2-3-11-12(6-10)20-9-21-14(11)19-7-13(23)22-4-1-5-22;1-2;2-1(3,4)5/h2-3,6,9H,1,4-5,7-8H2,(H,19,20,21);1-2H3;5H. The van der Waals surface area contributed by atoms with Crippen LogP contribution in [0.1, 0.15) is 20.3 Å². The average molecular weight is 456 g/mol. The highest BCUT2D eigenvalue weighted by atomic mass is 19.4. The second-order valence-corrected chi connectivity index (χ2v) is 5.86. The number of nitrogens with one attached hydrogen (secondary N) is 1. The van der Waals surface area contributed by atoms with Crippen LogP contribution in [0.25, 0.3) is 10.9 Å². The first kappa shape index (κ1) is 26.2. The van der Waals surface area contributed by atoms with Crippen molar-refractivity contribution in [2.75, 3.05) is 31.6 Å². The van der Waals surface area contributed by atoms with Gasteiger partial charge in [0.25, 0.3) is 0 Å². The van der Waals surface area contributed by atoms with Crippen LogP contribution in [0.5, 0.6) is 5.75 Å². The summed E-state index contributed by atoms with van der Waals surface area (Å²) in [7, 11) is 0. The van der Waals surface area contributed by atoms with Gasteiger partial charge in [-0.05, 0) is 18.6 Å². The third-order valence-electron chi connectivity index (χ3n) is 3.63. The second-order valence-electron chi connectivity index (χ2n) is 5.86. The first-order valence-corrected chi connectivity index (χ1v) is 9.17. The Labute approximate surface area is 174 Å². The Morgan fingerprint density at radius 3 is 2.29 bits per heavy atom. The number of ether oxygens (including phenoxy) is 1. The SMILES string of the molecule is CC.O=C(CNc1ncnc2cc(OCC(F)(F)F)ccc12)N1CCC1.OC(F)(F)F. The van der Waals surface area contributed by atoms with E-state index < -0.39 is 19.1 Å². The molecule has 3 rings (SSSR count). The number of amides is 1. The van der Waals surface area contributed by atoms with Gasteiger partial charge in [-0.3, -0.25) is 4.79 Å². The van der Waals surface area contributed by atoms with Gasteiger partial charge in [0.2, 0.25) is 5.91 Å². The molecule has 2 aromatic rings. The molecule has 1 aliphatic heterocycles. The Hall–Kier alpha value is -2.83. The van der Waals surface area contributed by atoms with Crippen molar-refractivity contribution in [3.63, 3.8) is 0 Å². The summed E-state index contributed by atoms with van der Waals surface area (Å²) in [5.41, 5.74) is 0.434. The average Bonchev–Trinajstić information content (AvgIpc) is 2.62. The summed E-state index contributed by atoms with van der Waals surface area (Å²) in [4.78, 5) is 21.7. The maximum Gasteiger partial charge on any atom is 0.519 e. The summed E-state index contributed by atoms with van der Waals surface area (Å²) in [6.07, 6.45) is -7.10. The predicted octanol–water partition coefficient (Wildman–Crippen LogP) is 3.74. The Bertz CT molecular complexity index is 835. The Morgan fingerprint density at radius 1 is 1.16 bits per heavy atom. The quantitative estimate of drug-likeness (QED) is 0.667. The Balaban J connectivity index is 0.000000605. The molecule has 1 aliphatic rings. The smallest absolute Gasteiger partial charge is 0.484 e. The number of hydrogen-bond acceptors (Lipinski definition) is 6. The third-order valence-corrected chi connectivity index (χ3v) is 3.63. The highest BCUT2D eigenvalue weighted by Gasteiger charge is 2.28. The van der Waals surface area contributed by atoms with Gasteiger partial charge in [0, 0.05) is 24.5 Å². The third kappa shape index (κ3) is 10.2. The number of rotatable bonds is 5. The van der Waals surface area contributed by atoms with Crippen molar-refractivity contribution in [1.82, 2.24) is 14.9 Å². The van der Waals surface area contributed by atoms with Gasteiger partial charge in [0.05, 0.1) is 12.1 Å². The zero-order valence-corrected chi connectivity index (χ0v) is 16.7. The van der Waals surface area contributed by atoms with Gasteiger partial charge in [-0.25, -0.2) is 9.97 Å². The van der Waals surface area contributed by atoms with E-state index in [4.69, 9.17) is 9.84 Å². The molecule has 1 fully saturated rings. The molecule has 1 amide bonds. The van der Waals surface area contributed by atoms with Crippen molar-refractivity contribution in [3.8, 4) is 5.75 Å². The molecule has 0 atom stereocenters. The molecule has 0 radical (unpaired) electrons. The van der Waals surface area contributed by atoms with Gasteiger partial charge in [0.15, 0.2) is 6.61 Å². The summed E-state index contributed by atoms with van der Waals surface area (Å²) >= 11 is 0. The number of aliphatic hydroxyl groups is 1. The normalized spacial score (nSPS) is 13.3. The Kier molecular flexibility index (Phi) is 9.75. The molecule has 13 heteroatoms. The number of carbonyl (C=O) groups is 1. The van der Waals surface area contributed by atoms with Crippen LogP contribution in [-0.4, -0.2) is 64.7 Å². The maximum atomic E-state index is 12.2. The number of alkyl halides is 6. The minimum Gasteiger partial charge on any atom is -0.484 e. The number of halogens is 6. The van der Waals surface area contributed by atoms with Crippen LogP contribution < -0.4 is 10.1 Å². The van der Waals surface area contributed by atoms with Crippen molar-refractivity contribution in [3.05, 3.63) is 24.5 Å². The number of benzene rings is 1.